The van der Waals surface area contributed by atoms with Gasteiger partial charge in [0.25, 0.3) is 0 Å². The van der Waals surface area contributed by atoms with E-state index in [2.05, 4.69) is 0 Å². The third-order valence-electron chi connectivity index (χ3n) is 4.43. The molecule has 3 aromatic rings. The van der Waals surface area contributed by atoms with Crippen LogP contribution in [0.15, 0.2) is 60.7 Å². The van der Waals surface area contributed by atoms with Gasteiger partial charge in [0.1, 0.15) is 11.5 Å². The molecule has 0 saturated heterocycles. The highest BCUT2D eigenvalue weighted by Crippen LogP contribution is 2.35. The summed E-state index contributed by atoms with van der Waals surface area (Å²) in [5, 5.41) is 19.8. The van der Waals surface area contributed by atoms with E-state index in [0.29, 0.717) is 0 Å². The zero-order valence-corrected chi connectivity index (χ0v) is 14.9. The molecule has 0 aromatic heterocycles. The third-order valence-corrected chi connectivity index (χ3v) is 4.43. The van der Waals surface area contributed by atoms with Gasteiger partial charge in [0.05, 0.1) is 27.4 Å². The van der Waals surface area contributed by atoms with Gasteiger partial charge in [-0.1, -0.05) is 24.3 Å². The zero-order chi connectivity index (χ0) is 18.5. The smallest absolute Gasteiger partial charge is 0.119 e. The first kappa shape index (κ1) is 18.0. The fourth-order valence-electron chi connectivity index (χ4n) is 3.07. The van der Waals surface area contributed by atoms with Crippen LogP contribution in [0.1, 0.15) is 11.1 Å². The van der Waals surface area contributed by atoms with Crippen LogP contribution < -0.4 is 9.47 Å². The normalized spacial score (nSPS) is 10.6. The van der Waals surface area contributed by atoms with Gasteiger partial charge >= 0.3 is 0 Å². The van der Waals surface area contributed by atoms with Crippen LogP contribution in [0.4, 0.5) is 0 Å². The van der Waals surface area contributed by atoms with Crippen molar-refractivity contribution in [1.29, 1.82) is 0 Å². The molecule has 0 saturated carbocycles. The maximum absolute atomic E-state index is 9.92. The van der Waals surface area contributed by atoms with Gasteiger partial charge in [-0.2, -0.15) is 0 Å². The Kier molecular flexibility index (Phi) is 5.56. The van der Waals surface area contributed by atoms with Crippen molar-refractivity contribution in [3.8, 4) is 33.8 Å². The SMILES string of the molecule is COc1cccc(-c2cc(CO)c(-c3cccc(OC)c3)cc2CO)c1. The summed E-state index contributed by atoms with van der Waals surface area (Å²) in [5.74, 6) is 1.49. The van der Waals surface area contributed by atoms with Crippen LogP contribution in [0.25, 0.3) is 22.3 Å². The van der Waals surface area contributed by atoms with Crippen LogP contribution in [0.3, 0.4) is 0 Å². The molecule has 0 aliphatic heterocycles. The summed E-state index contributed by atoms with van der Waals surface area (Å²) >= 11 is 0. The van der Waals surface area contributed by atoms with E-state index in [1.165, 1.54) is 0 Å². The van der Waals surface area contributed by atoms with E-state index in [0.717, 1.165) is 44.9 Å². The molecule has 26 heavy (non-hydrogen) atoms. The van der Waals surface area contributed by atoms with Crippen molar-refractivity contribution in [2.75, 3.05) is 14.2 Å². The van der Waals surface area contributed by atoms with Gasteiger partial charge in [0.2, 0.25) is 0 Å². The van der Waals surface area contributed by atoms with Gasteiger partial charge in [0, 0.05) is 0 Å². The number of hydrogen-bond donors (Lipinski definition) is 2. The highest BCUT2D eigenvalue weighted by atomic mass is 16.5. The van der Waals surface area contributed by atoms with E-state index in [1.54, 1.807) is 14.2 Å². The van der Waals surface area contributed by atoms with Gasteiger partial charge in [0.15, 0.2) is 0 Å². The minimum Gasteiger partial charge on any atom is -0.497 e. The first-order valence-electron chi connectivity index (χ1n) is 8.36. The van der Waals surface area contributed by atoms with Crippen LogP contribution in [0.5, 0.6) is 11.5 Å². The van der Waals surface area contributed by atoms with E-state index in [1.807, 2.05) is 60.7 Å². The van der Waals surface area contributed by atoms with Crippen molar-refractivity contribution in [1.82, 2.24) is 0 Å². The molecule has 2 N–H and O–H groups in total. The van der Waals surface area contributed by atoms with Gasteiger partial charge in [-0.15, -0.1) is 0 Å². The van der Waals surface area contributed by atoms with E-state index in [-0.39, 0.29) is 13.2 Å². The average Bonchev–Trinajstić information content (AvgIpc) is 2.72. The van der Waals surface area contributed by atoms with Gasteiger partial charge in [-0.05, 0) is 69.8 Å². The first-order valence-corrected chi connectivity index (χ1v) is 8.36. The lowest BCUT2D eigenvalue weighted by molar-refractivity contribution is 0.279. The summed E-state index contributed by atoms with van der Waals surface area (Å²) in [6, 6.07) is 19.2. The topological polar surface area (TPSA) is 58.9 Å². The molecule has 0 bridgehead atoms. The molecule has 0 heterocycles. The Morgan fingerprint density at radius 3 is 1.42 bits per heavy atom. The van der Waals surface area contributed by atoms with E-state index >= 15 is 0 Å². The Morgan fingerprint density at radius 2 is 1.08 bits per heavy atom. The second-order valence-corrected chi connectivity index (χ2v) is 5.95. The molecule has 0 radical (unpaired) electrons. The molecule has 0 aliphatic carbocycles. The van der Waals surface area contributed by atoms with Crippen LogP contribution in [0, 0.1) is 0 Å². The van der Waals surface area contributed by atoms with Crippen LogP contribution >= 0.6 is 0 Å². The van der Waals surface area contributed by atoms with E-state index in [9.17, 15) is 10.2 Å². The minimum absolute atomic E-state index is 0.102. The number of ether oxygens (including phenoxy) is 2. The highest BCUT2D eigenvalue weighted by molar-refractivity contribution is 5.77. The molecular weight excluding hydrogens is 328 g/mol. The Hall–Kier alpha value is -2.82. The summed E-state index contributed by atoms with van der Waals surface area (Å²) in [7, 11) is 3.24. The number of benzene rings is 3. The second-order valence-electron chi connectivity index (χ2n) is 5.95. The van der Waals surface area contributed by atoms with Gasteiger partial charge in [-0.25, -0.2) is 0 Å². The molecule has 0 fully saturated rings. The fourth-order valence-corrected chi connectivity index (χ4v) is 3.07. The minimum atomic E-state index is -0.102. The van der Waals surface area contributed by atoms with Crippen LogP contribution in [-0.2, 0) is 13.2 Å². The first-order chi connectivity index (χ1) is 12.7. The van der Waals surface area contributed by atoms with Crippen molar-refractivity contribution in [3.63, 3.8) is 0 Å². The molecule has 3 aromatic carbocycles. The predicted molar refractivity (Wildman–Crippen MR) is 102 cm³/mol. The second kappa shape index (κ2) is 8.04. The lowest BCUT2D eigenvalue weighted by Crippen LogP contribution is -1.98. The quantitative estimate of drug-likeness (QED) is 0.705. The van der Waals surface area contributed by atoms with Crippen molar-refractivity contribution in [2.45, 2.75) is 13.2 Å². The number of methoxy groups -OCH3 is 2. The summed E-state index contributed by atoms with van der Waals surface area (Å²) in [4.78, 5) is 0. The summed E-state index contributed by atoms with van der Waals surface area (Å²) in [6.07, 6.45) is 0. The maximum Gasteiger partial charge on any atom is 0.119 e. The zero-order valence-electron chi connectivity index (χ0n) is 14.9. The fraction of sp³-hybridized carbons (Fsp3) is 0.182. The van der Waals surface area contributed by atoms with Crippen molar-refractivity contribution in [2.24, 2.45) is 0 Å². The molecule has 0 unspecified atom stereocenters. The van der Waals surface area contributed by atoms with Crippen molar-refractivity contribution >= 4 is 0 Å². The highest BCUT2D eigenvalue weighted by Gasteiger charge is 2.13. The molecule has 0 atom stereocenters. The monoisotopic (exact) mass is 350 g/mol. The van der Waals surface area contributed by atoms with Crippen LogP contribution in [-0.4, -0.2) is 24.4 Å². The van der Waals surface area contributed by atoms with E-state index < -0.39 is 0 Å². The van der Waals surface area contributed by atoms with Crippen LogP contribution in [0.2, 0.25) is 0 Å². The average molecular weight is 350 g/mol. The van der Waals surface area contributed by atoms with Gasteiger partial charge < -0.3 is 19.7 Å². The molecule has 4 heteroatoms. The maximum atomic E-state index is 9.92. The Bertz CT molecular complexity index is 827. The lowest BCUT2D eigenvalue weighted by atomic mass is 9.91. The molecule has 4 nitrogen and oxygen atoms in total. The van der Waals surface area contributed by atoms with Crippen molar-refractivity contribution < 1.29 is 19.7 Å². The summed E-state index contributed by atoms with van der Waals surface area (Å²) < 4.78 is 10.6. The predicted octanol–water partition coefficient (Wildman–Crippen LogP) is 4.02. The molecular formula is C22H22O4. The molecule has 0 spiro atoms. The Morgan fingerprint density at radius 1 is 0.654 bits per heavy atom. The lowest BCUT2D eigenvalue weighted by Gasteiger charge is -2.16. The molecule has 134 valence electrons. The number of hydrogen-bond acceptors (Lipinski definition) is 4. The number of aliphatic hydroxyl groups excluding tert-OH is 2. The van der Waals surface area contributed by atoms with Crippen molar-refractivity contribution in [3.05, 3.63) is 71.8 Å². The number of aliphatic hydroxyl groups is 2. The third kappa shape index (κ3) is 3.57. The molecule has 0 aliphatic rings. The van der Waals surface area contributed by atoms with E-state index in [4.69, 9.17) is 9.47 Å². The largest absolute Gasteiger partial charge is 0.497 e. The molecule has 0 amide bonds. The van der Waals surface area contributed by atoms with Gasteiger partial charge in [-0.3, -0.25) is 0 Å². The standard InChI is InChI=1S/C22H22O4/c1-25-19-7-3-5-15(9-19)21-11-18(14-24)22(12-17(21)13-23)16-6-4-8-20(10-16)26-2/h3-12,23-24H,13-14H2,1-2H3. The summed E-state index contributed by atoms with van der Waals surface area (Å²) in [5.41, 5.74) is 5.19. The molecule has 3 rings (SSSR count). The Balaban J connectivity index is 2.17. The summed E-state index contributed by atoms with van der Waals surface area (Å²) in [6.45, 7) is -0.204. The number of rotatable bonds is 6. The Labute approximate surface area is 153 Å².